The Morgan fingerprint density at radius 3 is 2.82 bits per heavy atom. The standard InChI is InChI=1S/C12H12FNO2S/c13-9-1-4-12-8(5-9)6-11(17(12,15)16)7-14-10-2-3-10/h1,4-6,10,14H,2-3,7H2. The van der Waals surface area contributed by atoms with E-state index in [9.17, 15) is 12.8 Å². The highest BCUT2D eigenvalue weighted by Gasteiger charge is 2.31. The summed E-state index contributed by atoms with van der Waals surface area (Å²) >= 11 is 0. The summed E-state index contributed by atoms with van der Waals surface area (Å²) in [5.41, 5.74) is 0.456. The summed E-state index contributed by atoms with van der Waals surface area (Å²) in [6, 6.07) is 4.23. The molecule has 90 valence electrons. The molecule has 5 heteroatoms. The molecule has 0 bridgehead atoms. The van der Waals surface area contributed by atoms with Gasteiger partial charge in [0.25, 0.3) is 0 Å². The van der Waals surface area contributed by atoms with Gasteiger partial charge in [0.1, 0.15) is 5.82 Å². The maximum absolute atomic E-state index is 13.0. The highest BCUT2D eigenvalue weighted by Crippen LogP contribution is 2.33. The number of sulfone groups is 1. The lowest BCUT2D eigenvalue weighted by molar-refractivity contribution is 0.599. The molecule has 1 saturated carbocycles. The quantitative estimate of drug-likeness (QED) is 0.834. The van der Waals surface area contributed by atoms with E-state index >= 15 is 0 Å². The molecule has 3 nitrogen and oxygen atoms in total. The molecule has 1 aromatic rings. The van der Waals surface area contributed by atoms with Crippen LogP contribution in [0.5, 0.6) is 0 Å². The van der Waals surface area contributed by atoms with Gasteiger partial charge in [-0.25, -0.2) is 12.8 Å². The Labute approximate surface area is 99.3 Å². The minimum atomic E-state index is -3.40. The predicted octanol–water partition coefficient (Wildman–Crippen LogP) is 1.71. The van der Waals surface area contributed by atoms with Gasteiger partial charge in [-0.2, -0.15) is 0 Å². The Bertz CT molecular complexity index is 603. The van der Waals surface area contributed by atoms with Crippen molar-refractivity contribution in [2.45, 2.75) is 23.8 Å². The van der Waals surface area contributed by atoms with Gasteiger partial charge in [0, 0.05) is 12.6 Å². The summed E-state index contributed by atoms with van der Waals surface area (Å²) in [6.07, 6.45) is 3.77. The summed E-state index contributed by atoms with van der Waals surface area (Å²) in [6.45, 7) is 0.337. The number of hydrogen-bond acceptors (Lipinski definition) is 3. The van der Waals surface area contributed by atoms with Gasteiger partial charge in [-0.3, -0.25) is 0 Å². The van der Waals surface area contributed by atoms with Crippen molar-refractivity contribution < 1.29 is 12.8 Å². The molecule has 0 saturated heterocycles. The molecule has 0 unspecified atom stereocenters. The van der Waals surface area contributed by atoms with Crippen LogP contribution in [0.25, 0.3) is 6.08 Å². The molecule has 1 heterocycles. The zero-order valence-corrected chi connectivity index (χ0v) is 9.93. The van der Waals surface area contributed by atoms with Crippen molar-refractivity contribution in [3.05, 3.63) is 34.5 Å². The molecule has 0 radical (unpaired) electrons. The fourth-order valence-electron chi connectivity index (χ4n) is 1.95. The van der Waals surface area contributed by atoms with Gasteiger partial charge in [-0.15, -0.1) is 0 Å². The average Bonchev–Trinajstić information content (AvgIpc) is 3.03. The van der Waals surface area contributed by atoms with E-state index in [4.69, 9.17) is 0 Å². The van der Waals surface area contributed by atoms with E-state index in [1.165, 1.54) is 18.2 Å². The van der Waals surface area contributed by atoms with Crippen LogP contribution in [0.15, 0.2) is 28.0 Å². The maximum atomic E-state index is 13.0. The molecule has 0 amide bonds. The summed E-state index contributed by atoms with van der Waals surface area (Å²) in [5, 5.41) is 3.16. The van der Waals surface area contributed by atoms with Crippen molar-refractivity contribution in [1.82, 2.24) is 5.32 Å². The van der Waals surface area contributed by atoms with Crippen molar-refractivity contribution >= 4 is 15.9 Å². The highest BCUT2D eigenvalue weighted by molar-refractivity contribution is 7.95. The molecule has 0 spiro atoms. The average molecular weight is 253 g/mol. The van der Waals surface area contributed by atoms with E-state index in [2.05, 4.69) is 5.32 Å². The lowest BCUT2D eigenvalue weighted by Crippen LogP contribution is -2.21. The van der Waals surface area contributed by atoms with Gasteiger partial charge < -0.3 is 5.32 Å². The van der Waals surface area contributed by atoms with Crippen molar-refractivity contribution in [2.24, 2.45) is 0 Å². The fraction of sp³-hybridized carbons (Fsp3) is 0.333. The molecule has 0 atom stereocenters. The van der Waals surface area contributed by atoms with E-state index in [-0.39, 0.29) is 4.90 Å². The van der Waals surface area contributed by atoms with Gasteiger partial charge in [0.15, 0.2) is 0 Å². The van der Waals surface area contributed by atoms with E-state index in [0.717, 1.165) is 12.8 Å². The zero-order valence-electron chi connectivity index (χ0n) is 9.11. The third-order valence-corrected chi connectivity index (χ3v) is 4.97. The van der Waals surface area contributed by atoms with Crippen molar-refractivity contribution in [2.75, 3.05) is 6.54 Å². The van der Waals surface area contributed by atoms with Crippen LogP contribution in [-0.4, -0.2) is 21.0 Å². The second-order valence-electron chi connectivity index (χ2n) is 4.45. The second-order valence-corrected chi connectivity index (χ2v) is 6.42. The number of fused-ring (bicyclic) bond motifs is 1. The second kappa shape index (κ2) is 3.65. The first-order valence-corrected chi connectivity index (χ1v) is 7.04. The largest absolute Gasteiger partial charge is 0.309 e. The van der Waals surface area contributed by atoms with Gasteiger partial charge in [0.05, 0.1) is 9.80 Å². The first kappa shape index (κ1) is 10.9. The van der Waals surface area contributed by atoms with Gasteiger partial charge in [-0.05, 0) is 42.7 Å². The predicted molar refractivity (Wildman–Crippen MR) is 62.6 cm³/mol. The van der Waals surface area contributed by atoms with Gasteiger partial charge in [0.2, 0.25) is 9.84 Å². The van der Waals surface area contributed by atoms with E-state index in [1.54, 1.807) is 6.08 Å². The van der Waals surface area contributed by atoms with Crippen LogP contribution in [-0.2, 0) is 9.84 Å². The first-order valence-electron chi connectivity index (χ1n) is 5.56. The van der Waals surface area contributed by atoms with Crippen LogP contribution >= 0.6 is 0 Å². The minimum absolute atomic E-state index is 0.214. The number of rotatable bonds is 3. The summed E-state index contributed by atoms with van der Waals surface area (Å²) in [5.74, 6) is -0.411. The van der Waals surface area contributed by atoms with Gasteiger partial charge in [-0.1, -0.05) is 0 Å². The molecule has 1 N–H and O–H groups in total. The molecule has 0 aromatic heterocycles. The minimum Gasteiger partial charge on any atom is -0.309 e. The Kier molecular flexibility index (Phi) is 2.34. The Morgan fingerprint density at radius 1 is 1.35 bits per heavy atom. The molecule has 3 rings (SSSR count). The lowest BCUT2D eigenvalue weighted by atomic mass is 10.2. The Balaban J connectivity index is 1.93. The molecule has 17 heavy (non-hydrogen) atoms. The molecular formula is C12H12FNO2S. The van der Waals surface area contributed by atoms with Crippen molar-refractivity contribution in [1.29, 1.82) is 0 Å². The molecule has 1 aromatic carbocycles. The SMILES string of the molecule is O=S1(=O)C(CNC2CC2)=Cc2cc(F)ccc21. The van der Waals surface area contributed by atoms with Crippen LogP contribution in [0.3, 0.4) is 0 Å². The van der Waals surface area contributed by atoms with Crippen LogP contribution in [0.4, 0.5) is 4.39 Å². The number of halogens is 1. The van der Waals surface area contributed by atoms with E-state index in [1.807, 2.05) is 0 Å². The maximum Gasteiger partial charge on any atom is 0.204 e. The Hall–Kier alpha value is -1.20. The number of hydrogen-bond donors (Lipinski definition) is 1. The van der Waals surface area contributed by atoms with Crippen LogP contribution in [0.2, 0.25) is 0 Å². The van der Waals surface area contributed by atoms with Crippen LogP contribution in [0, 0.1) is 5.82 Å². The fourth-order valence-corrected chi connectivity index (χ4v) is 3.46. The molecule has 1 aliphatic heterocycles. The number of nitrogens with one attached hydrogen (secondary N) is 1. The summed E-state index contributed by atoms with van der Waals surface area (Å²) in [7, 11) is -3.40. The van der Waals surface area contributed by atoms with Gasteiger partial charge >= 0.3 is 0 Å². The third kappa shape index (κ3) is 1.89. The van der Waals surface area contributed by atoms with E-state index in [0.29, 0.717) is 23.1 Å². The summed E-state index contributed by atoms with van der Waals surface area (Å²) in [4.78, 5) is 0.552. The zero-order chi connectivity index (χ0) is 12.0. The highest BCUT2D eigenvalue weighted by atomic mass is 32.2. The molecule has 2 aliphatic rings. The normalized spacial score (nSPS) is 21.1. The molecule has 1 aliphatic carbocycles. The first-order chi connectivity index (χ1) is 8.07. The van der Waals surface area contributed by atoms with Crippen molar-refractivity contribution in [3.63, 3.8) is 0 Å². The van der Waals surface area contributed by atoms with Crippen LogP contribution in [0.1, 0.15) is 18.4 Å². The Morgan fingerprint density at radius 2 is 2.12 bits per heavy atom. The van der Waals surface area contributed by atoms with Crippen LogP contribution < -0.4 is 5.32 Å². The van der Waals surface area contributed by atoms with Crippen molar-refractivity contribution in [3.8, 4) is 0 Å². The molecule has 1 fully saturated rings. The molecular weight excluding hydrogens is 241 g/mol. The topological polar surface area (TPSA) is 46.2 Å². The van der Waals surface area contributed by atoms with E-state index < -0.39 is 15.7 Å². The smallest absolute Gasteiger partial charge is 0.204 e. The monoisotopic (exact) mass is 253 g/mol. The lowest BCUT2D eigenvalue weighted by Gasteiger charge is -2.04. The summed E-state index contributed by atoms with van der Waals surface area (Å²) < 4.78 is 37.2. The number of benzene rings is 1. The third-order valence-electron chi connectivity index (χ3n) is 3.07.